The highest BCUT2D eigenvalue weighted by molar-refractivity contribution is 6.02. The summed E-state index contributed by atoms with van der Waals surface area (Å²) >= 11 is 0. The standard InChI is InChI=1S/C14H12FN3O2/c1-9-7-13(18-20-9)14(19)17-11-4-5-12(15)10(8-11)3-2-6-16/h4-5,7-8H,6,16H2,1H3,(H,17,19). The van der Waals surface area contributed by atoms with Gasteiger partial charge in [0.15, 0.2) is 5.69 Å². The molecular weight excluding hydrogens is 261 g/mol. The Morgan fingerprint density at radius 1 is 1.50 bits per heavy atom. The number of benzene rings is 1. The zero-order chi connectivity index (χ0) is 14.5. The van der Waals surface area contributed by atoms with Crippen molar-refractivity contribution in [2.45, 2.75) is 6.92 Å². The summed E-state index contributed by atoms with van der Waals surface area (Å²) in [5.74, 6) is 4.77. The summed E-state index contributed by atoms with van der Waals surface area (Å²) in [5, 5.41) is 6.18. The van der Waals surface area contributed by atoms with E-state index in [0.717, 1.165) is 0 Å². The van der Waals surface area contributed by atoms with E-state index in [1.54, 1.807) is 6.92 Å². The molecule has 1 aromatic heterocycles. The van der Waals surface area contributed by atoms with Crippen LogP contribution in [-0.4, -0.2) is 17.6 Å². The minimum atomic E-state index is -0.471. The average Bonchev–Trinajstić information content (AvgIpc) is 2.86. The molecule has 0 spiro atoms. The number of hydrogen-bond acceptors (Lipinski definition) is 4. The Morgan fingerprint density at radius 3 is 2.95 bits per heavy atom. The van der Waals surface area contributed by atoms with Gasteiger partial charge in [-0.25, -0.2) is 4.39 Å². The van der Waals surface area contributed by atoms with Crippen molar-refractivity contribution in [2.24, 2.45) is 5.73 Å². The molecule has 0 unspecified atom stereocenters. The van der Waals surface area contributed by atoms with Crippen molar-refractivity contribution in [1.82, 2.24) is 5.16 Å². The summed E-state index contributed by atoms with van der Waals surface area (Å²) in [6.45, 7) is 1.82. The summed E-state index contributed by atoms with van der Waals surface area (Å²) in [5.41, 5.74) is 5.98. The van der Waals surface area contributed by atoms with Crippen LogP contribution in [-0.2, 0) is 0 Å². The van der Waals surface area contributed by atoms with E-state index >= 15 is 0 Å². The smallest absolute Gasteiger partial charge is 0.277 e. The third kappa shape index (κ3) is 3.22. The number of halogens is 1. The Kier molecular flexibility index (Phi) is 4.13. The first-order chi connectivity index (χ1) is 9.60. The second kappa shape index (κ2) is 5.99. The summed E-state index contributed by atoms with van der Waals surface area (Å²) in [6.07, 6.45) is 0. The minimum Gasteiger partial charge on any atom is -0.361 e. The van der Waals surface area contributed by atoms with Crippen molar-refractivity contribution in [3.8, 4) is 11.8 Å². The van der Waals surface area contributed by atoms with Gasteiger partial charge >= 0.3 is 0 Å². The number of rotatable bonds is 2. The number of nitrogens with zero attached hydrogens (tertiary/aromatic N) is 1. The van der Waals surface area contributed by atoms with Gasteiger partial charge in [-0.3, -0.25) is 4.79 Å². The first-order valence-electron chi connectivity index (χ1n) is 5.83. The van der Waals surface area contributed by atoms with Crippen LogP contribution in [0.15, 0.2) is 28.8 Å². The van der Waals surface area contributed by atoms with Crippen molar-refractivity contribution >= 4 is 11.6 Å². The van der Waals surface area contributed by atoms with Gasteiger partial charge in [-0.15, -0.1) is 0 Å². The number of hydrogen-bond donors (Lipinski definition) is 2. The molecule has 102 valence electrons. The SMILES string of the molecule is Cc1cc(C(=O)Nc2ccc(F)c(C#CCN)c2)no1. The second-order valence-corrected chi connectivity index (χ2v) is 3.98. The lowest BCUT2D eigenvalue weighted by atomic mass is 10.2. The number of anilines is 1. The first kappa shape index (κ1) is 13.8. The highest BCUT2D eigenvalue weighted by atomic mass is 19.1. The second-order valence-electron chi connectivity index (χ2n) is 3.98. The predicted octanol–water partition coefficient (Wildman–Crippen LogP) is 1.68. The molecule has 0 aliphatic rings. The largest absolute Gasteiger partial charge is 0.361 e. The van der Waals surface area contributed by atoms with E-state index in [9.17, 15) is 9.18 Å². The van der Waals surface area contributed by atoms with Gasteiger partial charge in [0.25, 0.3) is 5.91 Å². The lowest BCUT2D eigenvalue weighted by molar-refractivity contribution is 0.101. The number of amides is 1. The van der Waals surface area contributed by atoms with Crippen LogP contribution in [0, 0.1) is 24.6 Å². The van der Waals surface area contributed by atoms with Gasteiger partial charge in [-0.1, -0.05) is 17.0 Å². The Hall–Kier alpha value is -2.65. The fraction of sp³-hybridized carbons (Fsp3) is 0.143. The topological polar surface area (TPSA) is 81.2 Å². The van der Waals surface area contributed by atoms with Crippen LogP contribution in [0.1, 0.15) is 21.8 Å². The third-order valence-corrected chi connectivity index (χ3v) is 2.41. The Balaban J connectivity index is 2.19. The molecule has 0 saturated heterocycles. The van der Waals surface area contributed by atoms with Crippen LogP contribution in [0.25, 0.3) is 0 Å². The van der Waals surface area contributed by atoms with E-state index in [1.165, 1.54) is 24.3 Å². The predicted molar refractivity (Wildman–Crippen MR) is 71.5 cm³/mol. The molecule has 0 aliphatic heterocycles. The molecule has 0 radical (unpaired) electrons. The lowest BCUT2D eigenvalue weighted by Gasteiger charge is -2.04. The quantitative estimate of drug-likeness (QED) is 0.816. The van der Waals surface area contributed by atoms with Crippen LogP contribution < -0.4 is 11.1 Å². The van der Waals surface area contributed by atoms with Crippen LogP contribution >= 0.6 is 0 Å². The fourth-order valence-corrected chi connectivity index (χ4v) is 1.51. The number of aryl methyl sites for hydroxylation is 1. The number of aromatic nitrogens is 1. The molecule has 20 heavy (non-hydrogen) atoms. The molecular formula is C14H12FN3O2. The number of nitrogens with two attached hydrogens (primary N) is 1. The third-order valence-electron chi connectivity index (χ3n) is 2.41. The fourth-order valence-electron chi connectivity index (χ4n) is 1.51. The summed E-state index contributed by atoms with van der Waals surface area (Å²) in [6, 6.07) is 5.61. The van der Waals surface area contributed by atoms with Gasteiger partial charge in [-0.05, 0) is 25.1 Å². The zero-order valence-corrected chi connectivity index (χ0v) is 10.7. The van der Waals surface area contributed by atoms with Crippen LogP contribution in [0.5, 0.6) is 0 Å². The zero-order valence-electron chi connectivity index (χ0n) is 10.7. The van der Waals surface area contributed by atoms with Crippen molar-refractivity contribution in [1.29, 1.82) is 0 Å². The molecule has 0 bridgehead atoms. The Bertz CT molecular complexity index is 698. The van der Waals surface area contributed by atoms with Crippen molar-refractivity contribution in [2.75, 3.05) is 11.9 Å². The Morgan fingerprint density at radius 2 is 2.30 bits per heavy atom. The van der Waals surface area contributed by atoms with Gasteiger partial charge < -0.3 is 15.6 Å². The molecule has 0 saturated carbocycles. The molecule has 0 aliphatic carbocycles. The van der Waals surface area contributed by atoms with Crippen molar-refractivity contribution < 1.29 is 13.7 Å². The maximum absolute atomic E-state index is 13.5. The highest BCUT2D eigenvalue weighted by Crippen LogP contribution is 2.15. The Labute approximate surface area is 114 Å². The number of carbonyl (C=O) groups excluding carboxylic acids is 1. The van der Waals surface area contributed by atoms with E-state index in [2.05, 4.69) is 22.3 Å². The van der Waals surface area contributed by atoms with Crippen molar-refractivity contribution in [3.05, 3.63) is 47.1 Å². The van der Waals surface area contributed by atoms with E-state index in [1.807, 2.05) is 0 Å². The van der Waals surface area contributed by atoms with Crippen molar-refractivity contribution in [3.63, 3.8) is 0 Å². The molecule has 6 heteroatoms. The molecule has 2 rings (SSSR count). The van der Waals surface area contributed by atoms with Gasteiger partial charge in [0, 0.05) is 11.8 Å². The number of carbonyl (C=O) groups is 1. The van der Waals surface area contributed by atoms with Crippen LogP contribution in [0.3, 0.4) is 0 Å². The van der Waals surface area contributed by atoms with E-state index in [0.29, 0.717) is 11.4 Å². The van der Waals surface area contributed by atoms with Gasteiger partial charge in [-0.2, -0.15) is 0 Å². The normalized spacial score (nSPS) is 9.75. The van der Waals surface area contributed by atoms with E-state index < -0.39 is 11.7 Å². The first-order valence-corrected chi connectivity index (χ1v) is 5.83. The van der Waals surface area contributed by atoms with E-state index in [-0.39, 0.29) is 17.8 Å². The number of nitrogens with one attached hydrogen (secondary N) is 1. The lowest BCUT2D eigenvalue weighted by Crippen LogP contribution is -2.12. The van der Waals surface area contributed by atoms with E-state index in [4.69, 9.17) is 10.3 Å². The van der Waals surface area contributed by atoms with Crippen LogP contribution in [0.2, 0.25) is 0 Å². The van der Waals surface area contributed by atoms with Gasteiger partial charge in [0.1, 0.15) is 11.6 Å². The average molecular weight is 273 g/mol. The molecule has 5 nitrogen and oxygen atoms in total. The molecule has 0 fully saturated rings. The monoisotopic (exact) mass is 273 g/mol. The summed E-state index contributed by atoms with van der Waals surface area (Å²) in [7, 11) is 0. The molecule has 1 aromatic carbocycles. The molecule has 0 atom stereocenters. The molecule has 3 N–H and O–H groups in total. The summed E-state index contributed by atoms with van der Waals surface area (Å²) < 4.78 is 18.3. The van der Waals surface area contributed by atoms with Gasteiger partial charge in [0.2, 0.25) is 0 Å². The summed E-state index contributed by atoms with van der Waals surface area (Å²) in [4.78, 5) is 11.9. The molecule has 1 amide bonds. The van der Waals surface area contributed by atoms with Crippen LogP contribution in [0.4, 0.5) is 10.1 Å². The highest BCUT2D eigenvalue weighted by Gasteiger charge is 2.11. The maximum atomic E-state index is 13.5. The minimum absolute atomic E-state index is 0.133. The molecule has 1 heterocycles. The molecule has 2 aromatic rings. The van der Waals surface area contributed by atoms with Gasteiger partial charge in [0.05, 0.1) is 12.1 Å². The maximum Gasteiger partial charge on any atom is 0.277 e.